The third-order valence-corrected chi connectivity index (χ3v) is 3.69. The van der Waals surface area contributed by atoms with Crippen molar-refractivity contribution in [2.45, 2.75) is 45.6 Å². The molecule has 0 amide bonds. The zero-order valence-electron chi connectivity index (χ0n) is 11.6. The highest BCUT2D eigenvalue weighted by molar-refractivity contribution is 5.48. The van der Waals surface area contributed by atoms with E-state index in [4.69, 9.17) is 0 Å². The summed E-state index contributed by atoms with van der Waals surface area (Å²) in [5.74, 6) is 0. The van der Waals surface area contributed by atoms with Crippen LogP contribution >= 0.6 is 0 Å². The molecule has 0 aromatic heterocycles. The highest BCUT2D eigenvalue weighted by Gasteiger charge is 2.11. The molecule has 1 aliphatic heterocycles. The molecule has 0 aliphatic carbocycles. The molecule has 1 saturated heterocycles. The second kappa shape index (κ2) is 7.42. The molecule has 0 unspecified atom stereocenters. The Labute approximate surface area is 111 Å². The molecule has 1 heterocycles. The average Bonchev–Trinajstić information content (AvgIpc) is 2.93. The number of benzene rings is 1. The van der Waals surface area contributed by atoms with Crippen molar-refractivity contribution < 1.29 is 0 Å². The standard InChI is InChI=1S/C16H26N2/c1-2-3-4-11-17-14-15-7-9-16(10-8-15)18-12-5-6-13-18/h7-10,17H,2-6,11-14H2,1H3. The number of anilines is 1. The molecule has 18 heavy (non-hydrogen) atoms. The van der Waals surface area contributed by atoms with Crippen LogP contribution in [-0.4, -0.2) is 19.6 Å². The molecule has 2 rings (SSSR count). The Morgan fingerprint density at radius 1 is 1.06 bits per heavy atom. The zero-order chi connectivity index (χ0) is 12.6. The van der Waals surface area contributed by atoms with Crippen molar-refractivity contribution >= 4 is 5.69 Å². The van der Waals surface area contributed by atoms with E-state index < -0.39 is 0 Å². The highest BCUT2D eigenvalue weighted by Crippen LogP contribution is 2.20. The number of nitrogens with zero attached hydrogens (tertiary/aromatic N) is 1. The summed E-state index contributed by atoms with van der Waals surface area (Å²) in [5, 5.41) is 3.51. The van der Waals surface area contributed by atoms with Gasteiger partial charge in [0.1, 0.15) is 0 Å². The largest absolute Gasteiger partial charge is 0.372 e. The Morgan fingerprint density at radius 3 is 2.44 bits per heavy atom. The molecular weight excluding hydrogens is 220 g/mol. The van der Waals surface area contributed by atoms with Gasteiger partial charge in [0.25, 0.3) is 0 Å². The van der Waals surface area contributed by atoms with Gasteiger partial charge in [-0.1, -0.05) is 31.9 Å². The summed E-state index contributed by atoms with van der Waals surface area (Å²) >= 11 is 0. The van der Waals surface area contributed by atoms with Crippen molar-refractivity contribution in [1.29, 1.82) is 0 Å². The third-order valence-electron chi connectivity index (χ3n) is 3.69. The molecule has 100 valence electrons. The minimum Gasteiger partial charge on any atom is -0.372 e. The number of hydrogen-bond acceptors (Lipinski definition) is 2. The first-order chi connectivity index (χ1) is 8.90. The Kier molecular flexibility index (Phi) is 5.53. The van der Waals surface area contributed by atoms with Crippen LogP contribution in [0.25, 0.3) is 0 Å². The van der Waals surface area contributed by atoms with Crippen molar-refractivity contribution in [3.63, 3.8) is 0 Å². The van der Waals surface area contributed by atoms with Crippen molar-refractivity contribution in [2.75, 3.05) is 24.5 Å². The molecule has 1 fully saturated rings. The molecule has 1 aliphatic rings. The molecule has 2 heteroatoms. The number of rotatable bonds is 7. The van der Waals surface area contributed by atoms with Crippen molar-refractivity contribution in [3.05, 3.63) is 29.8 Å². The maximum absolute atomic E-state index is 3.51. The van der Waals surface area contributed by atoms with E-state index in [1.807, 2.05) is 0 Å². The Bertz CT molecular complexity index is 325. The van der Waals surface area contributed by atoms with Crippen LogP contribution in [0.5, 0.6) is 0 Å². The topological polar surface area (TPSA) is 15.3 Å². The van der Waals surface area contributed by atoms with Crippen LogP contribution in [0.1, 0.15) is 44.6 Å². The lowest BCUT2D eigenvalue weighted by Crippen LogP contribution is -2.18. The fraction of sp³-hybridized carbons (Fsp3) is 0.625. The maximum atomic E-state index is 3.51. The van der Waals surface area contributed by atoms with Crippen LogP contribution in [0.15, 0.2) is 24.3 Å². The van der Waals surface area contributed by atoms with Crippen LogP contribution in [-0.2, 0) is 6.54 Å². The fourth-order valence-electron chi connectivity index (χ4n) is 2.53. The van der Waals surface area contributed by atoms with Crippen LogP contribution in [0.3, 0.4) is 0 Å². The lowest BCUT2D eigenvalue weighted by Gasteiger charge is -2.17. The third kappa shape index (κ3) is 4.02. The SMILES string of the molecule is CCCCCNCc1ccc(N2CCCC2)cc1. The first-order valence-electron chi connectivity index (χ1n) is 7.45. The molecule has 1 N–H and O–H groups in total. The van der Waals surface area contributed by atoms with Gasteiger partial charge in [0, 0.05) is 25.3 Å². The van der Waals surface area contributed by atoms with Gasteiger partial charge in [-0.2, -0.15) is 0 Å². The van der Waals surface area contributed by atoms with Crippen molar-refractivity contribution in [2.24, 2.45) is 0 Å². The van der Waals surface area contributed by atoms with Crippen LogP contribution in [0.2, 0.25) is 0 Å². The Balaban J connectivity index is 1.73. The summed E-state index contributed by atoms with van der Waals surface area (Å²) in [6.07, 6.45) is 6.62. The number of hydrogen-bond donors (Lipinski definition) is 1. The van der Waals surface area contributed by atoms with Gasteiger partial charge < -0.3 is 10.2 Å². The van der Waals surface area contributed by atoms with Crippen LogP contribution in [0.4, 0.5) is 5.69 Å². The Morgan fingerprint density at radius 2 is 1.78 bits per heavy atom. The van der Waals surface area contributed by atoms with E-state index in [0.29, 0.717) is 0 Å². The van der Waals surface area contributed by atoms with Gasteiger partial charge in [0.2, 0.25) is 0 Å². The van der Waals surface area contributed by atoms with Gasteiger partial charge in [-0.05, 0) is 43.5 Å². The van der Waals surface area contributed by atoms with E-state index in [1.54, 1.807) is 0 Å². The summed E-state index contributed by atoms with van der Waals surface area (Å²) in [7, 11) is 0. The number of nitrogens with one attached hydrogen (secondary N) is 1. The zero-order valence-corrected chi connectivity index (χ0v) is 11.6. The quantitative estimate of drug-likeness (QED) is 0.740. The molecule has 2 nitrogen and oxygen atoms in total. The lowest BCUT2D eigenvalue weighted by atomic mass is 10.2. The van der Waals surface area contributed by atoms with Crippen molar-refractivity contribution in [1.82, 2.24) is 5.32 Å². The molecule has 0 spiro atoms. The van der Waals surface area contributed by atoms with Gasteiger partial charge in [-0.3, -0.25) is 0 Å². The first kappa shape index (κ1) is 13.4. The van der Waals surface area contributed by atoms with Crippen LogP contribution < -0.4 is 10.2 Å². The predicted octanol–water partition coefficient (Wildman–Crippen LogP) is 3.57. The normalized spacial score (nSPS) is 15.3. The lowest BCUT2D eigenvalue weighted by molar-refractivity contribution is 0.617. The van der Waals surface area contributed by atoms with E-state index in [0.717, 1.165) is 13.1 Å². The molecule has 1 aromatic rings. The minimum atomic E-state index is 1.00. The molecule has 0 saturated carbocycles. The average molecular weight is 246 g/mol. The second-order valence-electron chi connectivity index (χ2n) is 5.24. The maximum Gasteiger partial charge on any atom is 0.0366 e. The van der Waals surface area contributed by atoms with E-state index in [9.17, 15) is 0 Å². The minimum absolute atomic E-state index is 1.00. The van der Waals surface area contributed by atoms with Gasteiger partial charge in [0.05, 0.1) is 0 Å². The van der Waals surface area contributed by atoms with E-state index in [1.165, 1.54) is 56.4 Å². The first-order valence-corrected chi connectivity index (χ1v) is 7.45. The molecule has 0 bridgehead atoms. The molecular formula is C16H26N2. The van der Waals surface area contributed by atoms with E-state index in [-0.39, 0.29) is 0 Å². The highest BCUT2D eigenvalue weighted by atomic mass is 15.1. The monoisotopic (exact) mass is 246 g/mol. The Hall–Kier alpha value is -1.02. The summed E-state index contributed by atoms with van der Waals surface area (Å²) < 4.78 is 0. The summed E-state index contributed by atoms with van der Waals surface area (Å²) in [6.45, 7) is 6.85. The van der Waals surface area contributed by atoms with Gasteiger partial charge in [-0.25, -0.2) is 0 Å². The van der Waals surface area contributed by atoms with E-state index in [2.05, 4.69) is 41.4 Å². The molecule has 0 atom stereocenters. The van der Waals surface area contributed by atoms with E-state index >= 15 is 0 Å². The smallest absolute Gasteiger partial charge is 0.0366 e. The van der Waals surface area contributed by atoms with Gasteiger partial charge >= 0.3 is 0 Å². The van der Waals surface area contributed by atoms with Crippen LogP contribution in [0, 0.1) is 0 Å². The van der Waals surface area contributed by atoms with Gasteiger partial charge in [0.15, 0.2) is 0 Å². The molecule has 1 aromatic carbocycles. The summed E-state index contributed by atoms with van der Waals surface area (Å²) in [6, 6.07) is 9.07. The van der Waals surface area contributed by atoms with Gasteiger partial charge in [-0.15, -0.1) is 0 Å². The van der Waals surface area contributed by atoms with Crippen molar-refractivity contribution in [3.8, 4) is 0 Å². The summed E-state index contributed by atoms with van der Waals surface area (Å²) in [5.41, 5.74) is 2.79. The summed E-state index contributed by atoms with van der Waals surface area (Å²) in [4.78, 5) is 2.48. The molecule has 0 radical (unpaired) electrons. The number of unbranched alkanes of at least 4 members (excludes halogenated alkanes) is 2. The fourth-order valence-corrected chi connectivity index (χ4v) is 2.53. The second-order valence-corrected chi connectivity index (χ2v) is 5.24. The predicted molar refractivity (Wildman–Crippen MR) is 79.1 cm³/mol.